The molecule has 1 atom stereocenters. The molecule has 0 aliphatic heterocycles. The van der Waals surface area contributed by atoms with Crippen LogP contribution in [0.25, 0.3) is 0 Å². The number of aromatic nitrogens is 3. The molecule has 0 aliphatic carbocycles. The second-order valence-corrected chi connectivity index (χ2v) is 5.24. The van der Waals surface area contributed by atoms with Gasteiger partial charge in [0.15, 0.2) is 5.82 Å². The summed E-state index contributed by atoms with van der Waals surface area (Å²) < 4.78 is 1.77. The van der Waals surface area contributed by atoms with E-state index < -0.39 is 6.10 Å². The summed E-state index contributed by atoms with van der Waals surface area (Å²) in [6, 6.07) is 9.28. The molecule has 2 rings (SSSR count). The van der Waals surface area contributed by atoms with Gasteiger partial charge in [-0.05, 0) is 12.0 Å². The van der Waals surface area contributed by atoms with Crippen LogP contribution >= 0.6 is 0 Å². The van der Waals surface area contributed by atoms with Gasteiger partial charge in [0.2, 0.25) is 5.91 Å². The largest absolute Gasteiger partial charge is 0.380 e. The van der Waals surface area contributed by atoms with Crippen molar-refractivity contribution in [3.05, 3.63) is 47.5 Å². The molecule has 0 saturated heterocycles. The van der Waals surface area contributed by atoms with Gasteiger partial charge in [0, 0.05) is 19.4 Å². The molecule has 0 fully saturated rings. The molecular formula is C16H22N4O2. The Kier molecular flexibility index (Phi) is 5.66. The van der Waals surface area contributed by atoms with Crippen molar-refractivity contribution in [3.8, 4) is 0 Å². The summed E-state index contributed by atoms with van der Waals surface area (Å²) in [6.45, 7) is 2.82. The zero-order chi connectivity index (χ0) is 15.9. The quantitative estimate of drug-likeness (QED) is 0.774. The molecule has 1 aromatic carbocycles. The number of carbonyl (C=O) groups excluding carboxylic acids is 1. The van der Waals surface area contributed by atoms with E-state index in [1.54, 1.807) is 4.68 Å². The Morgan fingerprint density at radius 2 is 2.09 bits per heavy atom. The van der Waals surface area contributed by atoms with Crippen molar-refractivity contribution in [1.82, 2.24) is 14.8 Å². The smallest absolute Gasteiger partial charge is 0.217 e. The van der Waals surface area contributed by atoms with Crippen LogP contribution in [0.3, 0.4) is 0 Å². The van der Waals surface area contributed by atoms with Crippen molar-refractivity contribution < 1.29 is 9.90 Å². The summed E-state index contributed by atoms with van der Waals surface area (Å²) >= 11 is 0. The molecule has 2 aromatic rings. The van der Waals surface area contributed by atoms with Crippen LogP contribution in [-0.2, 0) is 17.8 Å². The first-order valence-corrected chi connectivity index (χ1v) is 7.56. The monoisotopic (exact) mass is 302 g/mol. The second kappa shape index (κ2) is 7.70. The van der Waals surface area contributed by atoms with Crippen molar-refractivity contribution >= 4 is 5.91 Å². The summed E-state index contributed by atoms with van der Waals surface area (Å²) in [7, 11) is 0. The van der Waals surface area contributed by atoms with E-state index in [9.17, 15) is 9.90 Å². The molecule has 0 radical (unpaired) electrons. The van der Waals surface area contributed by atoms with E-state index in [1.165, 1.54) is 0 Å². The van der Waals surface area contributed by atoms with Gasteiger partial charge in [-0.15, -0.1) is 0 Å². The Morgan fingerprint density at radius 3 is 2.73 bits per heavy atom. The molecule has 0 bridgehead atoms. The number of carbonyl (C=O) groups is 1. The molecule has 1 aromatic heterocycles. The number of unbranched alkanes of at least 4 members (excludes halogenated alkanes) is 1. The van der Waals surface area contributed by atoms with Gasteiger partial charge in [-0.2, -0.15) is 5.10 Å². The summed E-state index contributed by atoms with van der Waals surface area (Å²) in [5.74, 6) is 0.689. The zero-order valence-corrected chi connectivity index (χ0v) is 12.8. The summed E-state index contributed by atoms with van der Waals surface area (Å²) in [5.41, 5.74) is 5.95. The fourth-order valence-electron chi connectivity index (χ4n) is 2.20. The van der Waals surface area contributed by atoms with Crippen LogP contribution in [-0.4, -0.2) is 25.8 Å². The van der Waals surface area contributed by atoms with Gasteiger partial charge in [0.1, 0.15) is 11.9 Å². The van der Waals surface area contributed by atoms with Gasteiger partial charge in [0.05, 0.1) is 0 Å². The van der Waals surface area contributed by atoms with Gasteiger partial charge in [-0.25, -0.2) is 9.67 Å². The minimum atomic E-state index is -0.864. The third-order valence-corrected chi connectivity index (χ3v) is 3.44. The highest BCUT2D eigenvalue weighted by Crippen LogP contribution is 2.19. The van der Waals surface area contributed by atoms with E-state index in [0.717, 1.165) is 24.9 Å². The molecule has 22 heavy (non-hydrogen) atoms. The van der Waals surface area contributed by atoms with Crippen LogP contribution in [0.5, 0.6) is 0 Å². The normalized spacial score (nSPS) is 12.3. The fourth-order valence-corrected chi connectivity index (χ4v) is 2.20. The molecule has 0 aliphatic rings. The molecule has 3 N–H and O–H groups in total. The van der Waals surface area contributed by atoms with E-state index in [2.05, 4.69) is 17.0 Å². The number of nitrogens with two attached hydrogens (primary N) is 1. The van der Waals surface area contributed by atoms with E-state index >= 15 is 0 Å². The summed E-state index contributed by atoms with van der Waals surface area (Å²) in [6.07, 6.45) is 1.80. The number of hydrogen-bond acceptors (Lipinski definition) is 4. The van der Waals surface area contributed by atoms with E-state index in [0.29, 0.717) is 18.1 Å². The van der Waals surface area contributed by atoms with Crippen LogP contribution in [0.4, 0.5) is 0 Å². The lowest BCUT2D eigenvalue weighted by Gasteiger charge is -2.06. The van der Waals surface area contributed by atoms with Gasteiger partial charge >= 0.3 is 0 Å². The average Bonchev–Trinajstić information content (AvgIpc) is 2.94. The van der Waals surface area contributed by atoms with Crippen molar-refractivity contribution in [2.75, 3.05) is 0 Å². The van der Waals surface area contributed by atoms with Crippen LogP contribution in [0.1, 0.15) is 49.5 Å². The third-order valence-electron chi connectivity index (χ3n) is 3.44. The highest BCUT2D eigenvalue weighted by molar-refractivity contribution is 5.73. The SMILES string of the molecule is CCCCn1nc([C@H](O)c2ccccc2)nc1CCC(N)=O. The lowest BCUT2D eigenvalue weighted by molar-refractivity contribution is -0.118. The maximum absolute atomic E-state index is 11.0. The van der Waals surface area contributed by atoms with Crippen LogP contribution in [0.15, 0.2) is 30.3 Å². The number of benzene rings is 1. The standard InChI is InChI=1S/C16H22N4O2/c1-2-3-11-20-14(10-9-13(17)21)18-16(19-20)15(22)12-7-5-4-6-8-12/h4-8,15,22H,2-3,9-11H2,1H3,(H2,17,21)/t15-/m1/s1. The molecule has 0 spiro atoms. The molecule has 0 unspecified atom stereocenters. The zero-order valence-electron chi connectivity index (χ0n) is 12.8. The van der Waals surface area contributed by atoms with Crippen molar-refractivity contribution in [3.63, 3.8) is 0 Å². The average molecular weight is 302 g/mol. The minimum absolute atomic E-state index is 0.228. The van der Waals surface area contributed by atoms with Crippen LogP contribution in [0.2, 0.25) is 0 Å². The highest BCUT2D eigenvalue weighted by Gasteiger charge is 2.18. The van der Waals surface area contributed by atoms with E-state index in [-0.39, 0.29) is 12.3 Å². The topological polar surface area (TPSA) is 94.0 Å². The lowest BCUT2D eigenvalue weighted by atomic mass is 10.1. The predicted molar refractivity (Wildman–Crippen MR) is 82.9 cm³/mol. The Hall–Kier alpha value is -2.21. The summed E-state index contributed by atoms with van der Waals surface area (Å²) in [4.78, 5) is 15.4. The number of aliphatic hydroxyl groups excluding tert-OH is 1. The van der Waals surface area contributed by atoms with Gasteiger partial charge in [0.25, 0.3) is 0 Å². The Morgan fingerprint density at radius 1 is 1.36 bits per heavy atom. The number of hydrogen-bond donors (Lipinski definition) is 2. The van der Waals surface area contributed by atoms with Crippen molar-refractivity contribution in [1.29, 1.82) is 0 Å². The fraction of sp³-hybridized carbons (Fsp3) is 0.438. The minimum Gasteiger partial charge on any atom is -0.380 e. The van der Waals surface area contributed by atoms with Gasteiger partial charge in [-0.3, -0.25) is 4.79 Å². The lowest BCUT2D eigenvalue weighted by Crippen LogP contribution is -2.14. The molecule has 118 valence electrons. The molecule has 1 heterocycles. The first-order valence-electron chi connectivity index (χ1n) is 7.56. The number of aliphatic hydroxyl groups is 1. The van der Waals surface area contributed by atoms with E-state index in [4.69, 9.17) is 5.73 Å². The Labute approximate surface area is 130 Å². The third kappa shape index (κ3) is 4.14. The molecule has 6 heteroatoms. The Bertz CT molecular complexity index is 610. The number of rotatable bonds is 8. The number of nitrogens with zero attached hydrogens (tertiary/aromatic N) is 3. The summed E-state index contributed by atoms with van der Waals surface area (Å²) in [5, 5.41) is 14.8. The second-order valence-electron chi connectivity index (χ2n) is 5.24. The van der Waals surface area contributed by atoms with Crippen LogP contribution < -0.4 is 5.73 Å². The molecule has 1 amide bonds. The van der Waals surface area contributed by atoms with Gasteiger partial charge < -0.3 is 10.8 Å². The predicted octanol–water partition coefficient (Wildman–Crippen LogP) is 1.58. The first kappa shape index (κ1) is 16.2. The van der Waals surface area contributed by atoms with Crippen molar-refractivity contribution in [2.45, 2.75) is 45.3 Å². The first-order chi connectivity index (χ1) is 10.6. The van der Waals surface area contributed by atoms with Gasteiger partial charge in [-0.1, -0.05) is 43.7 Å². The molecular weight excluding hydrogens is 280 g/mol. The number of amides is 1. The number of aryl methyl sites for hydroxylation is 2. The highest BCUT2D eigenvalue weighted by atomic mass is 16.3. The van der Waals surface area contributed by atoms with Crippen LogP contribution in [0, 0.1) is 0 Å². The molecule has 0 saturated carbocycles. The van der Waals surface area contributed by atoms with E-state index in [1.807, 2.05) is 30.3 Å². The van der Waals surface area contributed by atoms with Crippen molar-refractivity contribution in [2.24, 2.45) is 5.73 Å². The number of primary amides is 1. The maximum atomic E-state index is 11.0. The molecule has 6 nitrogen and oxygen atoms in total. The maximum Gasteiger partial charge on any atom is 0.217 e. The Balaban J connectivity index is 2.22.